The molecule has 152 valence electrons. The van der Waals surface area contributed by atoms with Crippen molar-refractivity contribution in [3.8, 4) is 0 Å². The number of para-hydroxylation sites is 2. The number of nitrogens with zero attached hydrogens (tertiary/aromatic N) is 5. The summed E-state index contributed by atoms with van der Waals surface area (Å²) >= 11 is 0. The smallest absolute Gasteiger partial charge is 0.208 e. The van der Waals surface area contributed by atoms with E-state index in [1.54, 1.807) is 0 Å². The largest absolute Gasteiger partial charge is 0.379 e. The fourth-order valence-electron chi connectivity index (χ4n) is 4.32. The molecule has 0 N–H and O–H groups in total. The summed E-state index contributed by atoms with van der Waals surface area (Å²) in [5.41, 5.74) is 3.71. The molecule has 1 saturated heterocycles. The van der Waals surface area contributed by atoms with E-state index in [4.69, 9.17) is 9.72 Å². The van der Waals surface area contributed by atoms with Crippen LogP contribution in [0, 0.1) is 0 Å². The number of ether oxygens (including phenoxy) is 1. The standard InChI is InChI=1S/C23H29N5O/c1-2-6-20(7-3-1)10-11-26-18-27(13-12-25-14-16-29-17-15-25)23-24-21-8-4-5-9-22(21)28(23)19-26/h1-9H,10-19H2. The Balaban J connectivity index is 1.34. The van der Waals surface area contributed by atoms with E-state index in [0.29, 0.717) is 0 Å². The lowest BCUT2D eigenvalue weighted by molar-refractivity contribution is 0.0385. The van der Waals surface area contributed by atoms with Gasteiger partial charge in [0.25, 0.3) is 0 Å². The minimum atomic E-state index is 0.849. The minimum absolute atomic E-state index is 0.849. The first-order chi connectivity index (χ1) is 14.4. The molecule has 3 heterocycles. The minimum Gasteiger partial charge on any atom is -0.379 e. The molecule has 5 rings (SSSR count). The quantitative estimate of drug-likeness (QED) is 0.646. The molecule has 0 saturated carbocycles. The lowest BCUT2D eigenvalue weighted by Gasteiger charge is -2.38. The van der Waals surface area contributed by atoms with Crippen molar-refractivity contribution in [2.75, 3.05) is 57.5 Å². The number of benzene rings is 2. The van der Waals surface area contributed by atoms with E-state index in [2.05, 4.69) is 73.9 Å². The lowest BCUT2D eigenvalue weighted by atomic mass is 10.1. The fourth-order valence-corrected chi connectivity index (χ4v) is 4.32. The average molecular weight is 392 g/mol. The molecule has 0 bridgehead atoms. The molecule has 1 fully saturated rings. The Morgan fingerprint density at radius 1 is 0.793 bits per heavy atom. The molecule has 2 aliphatic rings. The monoisotopic (exact) mass is 391 g/mol. The summed E-state index contributed by atoms with van der Waals surface area (Å²) < 4.78 is 7.88. The van der Waals surface area contributed by atoms with E-state index in [0.717, 1.165) is 77.2 Å². The molecule has 2 aromatic carbocycles. The highest BCUT2D eigenvalue weighted by Gasteiger charge is 2.26. The predicted molar refractivity (Wildman–Crippen MR) is 116 cm³/mol. The number of morpholine rings is 1. The van der Waals surface area contributed by atoms with Crippen LogP contribution in [0.4, 0.5) is 5.95 Å². The maximum absolute atomic E-state index is 5.50. The highest BCUT2D eigenvalue weighted by molar-refractivity contribution is 5.79. The van der Waals surface area contributed by atoms with Gasteiger partial charge in [-0.3, -0.25) is 14.4 Å². The van der Waals surface area contributed by atoms with Gasteiger partial charge in [-0.15, -0.1) is 0 Å². The van der Waals surface area contributed by atoms with E-state index in [9.17, 15) is 0 Å². The van der Waals surface area contributed by atoms with Crippen LogP contribution in [0.5, 0.6) is 0 Å². The number of fused-ring (bicyclic) bond motifs is 3. The number of aromatic nitrogens is 2. The molecule has 29 heavy (non-hydrogen) atoms. The molecule has 3 aromatic rings. The van der Waals surface area contributed by atoms with Crippen LogP contribution in [0.25, 0.3) is 11.0 Å². The SMILES string of the molecule is c1ccc(CCN2CN(CCN3CCOCC3)c3nc4ccccc4n3C2)cc1. The molecule has 6 nitrogen and oxygen atoms in total. The summed E-state index contributed by atoms with van der Waals surface area (Å²) in [6.07, 6.45) is 1.07. The average Bonchev–Trinajstić information content (AvgIpc) is 3.16. The number of hydrogen-bond donors (Lipinski definition) is 0. The Hall–Kier alpha value is -2.41. The zero-order valence-corrected chi connectivity index (χ0v) is 16.9. The molecular formula is C23H29N5O. The fraction of sp³-hybridized carbons (Fsp3) is 0.435. The topological polar surface area (TPSA) is 36.8 Å². The van der Waals surface area contributed by atoms with Gasteiger partial charge in [0.1, 0.15) is 0 Å². The molecule has 0 spiro atoms. The second-order valence-electron chi connectivity index (χ2n) is 7.96. The molecule has 2 aliphatic heterocycles. The Morgan fingerprint density at radius 3 is 2.45 bits per heavy atom. The summed E-state index contributed by atoms with van der Waals surface area (Å²) in [5.74, 6) is 1.11. The highest BCUT2D eigenvalue weighted by atomic mass is 16.5. The van der Waals surface area contributed by atoms with Gasteiger partial charge >= 0.3 is 0 Å². The van der Waals surface area contributed by atoms with Crippen LogP contribution in [-0.2, 0) is 17.8 Å². The molecule has 6 heteroatoms. The Morgan fingerprint density at radius 2 is 1.59 bits per heavy atom. The third-order valence-corrected chi connectivity index (χ3v) is 5.98. The van der Waals surface area contributed by atoms with E-state index < -0.39 is 0 Å². The van der Waals surface area contributed by atoms with Crippen LogP contribution in [0.2, 0.25) is 0 Å². The van der Waals surface area contributed by atoms with Gasteiger partial charge in [0, 0.05) is 32.7 Å². The Labute approximate surface area is 172 Å². The molecule has 0 unspecified atom stereocenters. The van der Waals surface area contributed by atoms with Crippen molar-refractivity contribution in [1.82, 2.24) is 19.4 Å². The van der Waals surface area contributed by atoms with Crippen molar-refractivity contribution in [3.05, 3.63) is 60.2 Å². The van der Waals surface area contributed by atoms with Gasteiger partial charge < -0.3 is 9.64 Å². The maximum atomic E-state index is 5.50. The normalized spacial score (nSPS) is 18.3. The van der Waals surface area contributed by atoms with Gasteiger partial charge in [-0.1, -0.05) is 42.5 Å². The van der Waals surface area contributed by atoms with Gasteiger partial charge in [0.05, 0.1) is 37.6 Å². The van der Waals surface area contributed by atoms with Crippen LogP contribution in [0.3, 0.4) is 0 Å². The van der Waals surface area contributed by atoms with Gasteiger partial charge in [-0.25, -0.2) is 4.98 Å². The highest BCUT2D eigenvalue weighted by Crippen LogP contribution is 2.27. The second kappa shape index (κ2) is 8.53. The molecule has 0 aliphatic carbocycles. The lowest BCUT2D eigenvalue weighted by Crippen LogP contribution is -2.49. The number of hydrogen-bond acceptors (Lipinski definition) is 5. The third-order valence-electron chi connectivity index (χ3n) is 5.98. The van der Waals surface area contributed by atoms with Crippen molar-refractivity contribution in [2.24, 2.45) is 0 Å². The van der Waals surface area contributed by atoms with E-state index in [1.807, 2.05) is 0 Å². The Bertz CT molecular complexity index is 935. The molecule has 0 amide bonds. The summed E-state index contributed by atoms with van der Waals surface area (Å²) in [7, 11) is 0. The van der Waals surface area contributed by atoms with E-state index >= 15 is 0 Å². The number of anilines is 1. The molecular weight excluding hydrogens is 362 g/mol. The van der Waals surface area contributed by atoms with Crippen molar-refractivity contribution >= 4 is 17.0 Å². The van der Waals surface area contributed by atoms with E-state index in [-0.39, 0.29) is 0 Å². The summed E-state index contributed by atoms with van der Waals surface area (Å²) in [6, 6.07) is 19.3. The first-order valence-electron chi connectivity index (χ1n) is 10.6. The predicted octanol–water partition coefficient (Wildman–Crippen LogP) is 2.65. The van der Waals surface area contributed by atoms with E-state index in [1.165, 1.54) is 11.1 Å². The first kappa shape index (κ1) is 18.6. The van der Waals surface area contributed by atoms with Crippen LogP contribution in [0.1, 0.15) is 5.56 Å². The molecule has 0 atom stereocenters. The van der Waals surface area contributed by atoms with Gasteiger partial charge in [0.2, 0.25) is 5.95 Å². The van der Waals surface area contributed by atoms with Crippen LogP contribution in [-0.4, -0.2) is 72.0 Å². The third kappa shape index (κ3) is 4.15. The zero-order valence-electron chi connectivity index (χ0n) is 16.9. The molecule has 1 aromatic heterocycles. The van der Waals surface area contributed by atoms with Crippen molar-refractivity contribution < 1.29 is 4.74 Å². The number of imidazole rings is 1. The van der Waals surface area contributed by atoms with Crippen LogP contribution in [0.15, 0.2) is 54.6 Å². The number of rotatable bonds is 6. The summed E-state index contributed by atoms with van der Waals surface area (Å²) in [6.45, 7) is 8.68. The van der Waals surface area contributed by atoms with Gasteiger partial charge in [-0.2, -0.15) is 0 Å². The Kier molecular flexibility index (Phi) is 5.47. The zero-order chi connectivity index (χ0) is 19.5. The van der Waals surface area contributed by atoms with Crippen molar-refractivity contribution in [2.45, 2.75) is 13.1 Å². The first-order valence-corrected chi connectivity index (χ1v) is 10.6. The van der Waals surface area contributed by atoms with Crippen molar-refractivity contribution in [3.63, 3.8) is 0 Å². The maximum Gasteiger partial charge on any atom is 0.208 e. The van der Waals surface area contributed by atoms with Gasteiger partial charge in [0.15, 0.2) is 0 Å². The van der Waals surface area contributed by atoms with Crippen LogP contribution >= 0.6 is 0 Å². The second-order valence-corrected chi connectivity index (χ2v) is 7.96. The molecule has 0 radical (unpaired) electrons. The summed E-state index contributed by atoms with van der Waals surface area (Å²) in [5, 5.41) is 0. The van der Waals surface area contributed by atoms with Crippen LogP contribution < -0.4 is 4.90 Å². The van der Waals surface area contributed by atoms with Gasteiger partial charge in [-0.05, 0) is 24.1 Å². The van der Waals surface area contributed by atoms with Crippen molar-refractivity contribution in [1.29, 1.82) is 0 Å². The summed E-state index contributed by atoms with van der Waals surface area (Å²) in [4.78, 5) is 12.5.